The Hall–Kier alpha value is -1.27. The van der Waals surface area contributed by atoms with E-state index >= 15 is 0 Å². The summed E-state index contributed by atoms with van der Waals surface area (Å²) in [4.78, 5) is 10.5. The third kappa shape index (κ3) is 2.33. The average molecular weight is 200 g/mol. The molecule has 0 fully saturated rings. The molecule has 0 aromatic heterocycles. The monoisotopic (exact) mass is 200 g/mol. The van der Waals surface area contributed by atoms with Crippen molar-refractivity contribution in [2.24, 2.45) is 0 Å². The van der Waals surface area contributed by atoms with Crippen LogP contribution in [0.3, 0.4) is 0 Å². The average Bonchev–Trinajstić information content (AvgIpc) is 2.08. The molecule has 0 atom stereocenters. The van der Waals surface area contributed by atoms with Gasteiger partial charge in [-0.2, -0.15) is 0 Å². The minimum atomic E-state index is -0.616. The van der Waals surface area contributed by atoms with E-state index in [-0.39, 0.29) is 11.4 Å². The Morgan fingerprint density at radius 1 is 1.62 bits per heavy atom. The van der Waals surface area contributed by atoms with Crippen LogP contribution >= 0.6 is 11.9 Å². The maximum absolute atomic E-state index is 10.4. The lowest BCUT2D eigenvalue weighted by Crippen LogP contribution is -1.92. The largest absolute Gasteiger partial charge is 0.502 e. The second-order valence-electron chi connectivity index (χ2n) is 2.21. The number of nitro groups is 1. The molecule has 13 heavy (non-hydrogen) atoms. The van der Waals surface area contributed by atoms with Crippen LogP contribution in [0.15, 0.2) is 23.1 Å². The molecule has 0 heterocycles. The van der Waals surface area contributed by atoms with E-state index in [4.69, 9.17) is 5.11 Å². The lowest BCUT2D eigenvalue weighted by molar-refractivity contribution is -0.386. The smallest absolute Gasteiger partial charge is 0.311 e. The van der Waals surface area contributed by atoms with E-state index in [1.165, 1.54) is 24.1 Å². The zero-order chi connectivity index (χ0) is 9.84. The fourth-order valence-corrected chi connectivity index (χ4v) is 1.37. The van der Waals surface area contributed by atoms with Crippen LogP contribution in [0.2, 0.25) is 0 Å². The van der Waals surface area contributed by atoms with Crippen molar-refractivity contribution in [2.75, 3.05) is 7.05 Å². The molecule has 70 valence electrons. The molecule has 2 N–H and O–H groups in total. The summed E-state index contributed by atoms with van der Waals surface area (Å²) in [7, 11) is 1.71. The Kier molecular flexibility index (Phi) is 3.10. The fraction of sp³-hybridized carbons (Fsp3) is 0.143. The van der Waals surface area contributed by atoms with Gasteiger partial charge in [-0.25, -0.2) is 0 Å². The predicted molar refractivity (Wildman–Crippen MR) is 49.7 cm³/mol. The first-order chi connectivity index (χ1) is 6.15. The summed E-state index contributed by atoms with van der Waals surface area (Å²) < 4.78 is 2.78. The third-order valence-corrected chi connectivity index (χ3v) is 2.06. The van der Waals surface area contributed by atoms with Gasteiger partial charge in [-0.15, -0.1) is 0 Å². The lowest BCUT2D eigenvalue weighted by atomic mass is 10.3. The molecule has 0 aliphatic carbocycles. The van der Waals surface area contributed by atoms with Gasteiger partial charge in [0.15, 0.2) is 5.75 Å². The fourth-order valence-electron chi connectivity index (χ4n) is 0.831. The molecular weight excluding hydrogens is 192 g/mol. The van der Waals surface area contributed by atoms with E-state index in [0.29, 0.717) is 4.90 Å². The minimum Gasteiger partial charge on any atom is -0.502 e. The Bertz CT molecular complexity index is 330. The first-order valence-corrected chi connectivity index (χ1v) is 4.28. The molecule has 5 nitrogen and oxygen atoms in total. The van der Waals surface area contributed by atoms with Crippen molar-refractivity contribution in [1.29, 1.82) is 0 Å². The van der Waals surface area contributed by atoms with Gasteiger partial charge in [0.1, 0.15) is 0 Å². The van der Waals surface area contributed by atoms with Gasteiger partial charge in [0.05, 0.1) is 4.92 Å². The summed E-state index contributed by atoms with van der Waals surface area (Å²) in [5.41, 5.74) is -0.278. The quantitative estimate of drug-likeness (QED) is 0.439. The van der Waals surface area contributed by atoms with E-state index in [2.05, 4.69) is 4.72 Å². The van der Waals surface area contributed by atoms with Crippen LogP contribution in [-0.2, 0) is 0 Å². The van der Waals surface area contributed by atoms with Gasteiger partial charge in [-0.3, -0.25) is 14.8 Å². The highest BCUT2D eigenvalue weighted by Gasteiger charge is 2.13. The van der Waals surface area contributed by atoms with Crippen molar-refractivity contribution in [3.05, 3.63) is 28.3 Å². The molecule has 0 spiro atoms. The van der Waals surface area contributed by atoms with Crippen LogP contribution in [0.25, 0.3) is 0 Å². The van der Waals surface area contributed by atoms with Crippen molar-refractivity contribution >= 4 is 17.6 Å². The third-order valence-electron chi connectivity index (χ3n) is 1.36. The van der Waals surface area contributed by atoms with Crippen LogP contribution in [0, 0.1) is 10.1 Å². The highest BCUT2D eigenvalue weighted by atomic mass is 32.2. The Labute approximate surface area is 79.1 Å². The summed E-state index contributed by atoms with van der Waals surface area (Å²) in [5, 5.41) is 19.5. The summed E-state index contributed by atoms with van der Waals surface area (Å²) >= 11 is 1.25. The number of rotatable bonds is 3. The number of phenols is 1. The number of nitrogens with one attached hydrogen (secondary N) is 1. The van der Waals surface area contributed by atoms with Crippen LogP contribution in [-0.4, -0.2) is 17.1 Å². The maximum Gasteiger partial charge on any atom is 0.311 e. The van der Waals surface area contributed by atoms with Gasteiger partial charge in [-0.05, 0) is 31.1 Å². The van der Waals surface area contributed by atoms with E-state index in [1.807, 2.05) is 0 Å². The molecule has 0 aliphatic rings. The summed E-state index contributed by atoms with van der Waals surface area (Å²) in [6.45, 7) is 0. The molecule has 0 unspecified atom stereocenters. The number of aromatic hydroxyl groups is 1. The topological polar surface area (TPSA) is 75.4 Å². The van der Waals surface area contributed by atoms with Crippen molar-refractivity contribution in [3.63, 3.8) is 0 Å². The zero-order valence-corrected chi connectivity index (χ0v) is 7.67. The van der Waals surface area contributed by atoms with Crippen LogP contribution in [0.1, 0.15) is 0 Å². The SMILES string of the molecule is CNSc1ccc(O)c([N+](=O)[O-])c1. The van der Waals surface area contributed by atoms with Gasteiger partial charge in [0.2, 0.25) is 0 Å². The zero-order valence-electron chi connectivity index (χ0n) is 6.85. The first-order valence-electron chi connectivity index (χ1n) is 3.46. The van der Waals surface area contributed by atoms with Crippen molar-refractivity contribution in [3.8, 4) is 5.75 Å². The molecule has 6 heteroatoms. The minimum absolute atomic E-state index is 0.278. The van der Waals surface area contributed by atoms with Crippen LogP contribution in [0.4, 0.5) is 5.69 Å². The Balaban J connectivity index is 3.04. The van der Waals surface area contributed by atoms with Gasteiger partial charge in [0, 0.05) is 11.0 Å². The summed E-state index contributed by atoms with van der Waals surface area (Å²) in [5.74, 6) is -0.314. The second kappa shape index (κ2) is 4.11. The first kappa shape index (κ1) is 9.82. The highest BCUT2D eigenvalue weighted by Crippen LogP contribution is 2.29. The van der Waals surface area contributed by atoms with Gasteiger partial charge in [-0.1, -0.05) is 0 Å². The molecule has 0 amide bonds. The molecule has 1 aromatic carbocycles. The molecule has 0 saturated carbocycles. The van der Waals surface area contributed by atoms with Crippen molar-refractivity contribution < 1.29 is 10.0 Å². The molecule has 1 rings (SSSR count). The Morgan fingerprint density at radius 3 is 2.85 bits per heavy atom. The Morgan fingerprint density at radius 2 is 2.31 bits per heavy atom. The summed E-state index contributed by atoms with van der Waals surface area (Å²) in [6, 6.07) is 4.22. The number of benzene rings is 1. The van der Waals surface area contributed by atoms with E-state index in [9.17, 15) is 10.1 Å². The maximum atomic E-state index is 10.4. The number of hydrogen-bond acceptors (Lipinski definition) is 5. The van der Waals surface area contributed by atoms with E-state index < -0.39 is 4.92 Å². The van der Waals surface area contributed by atoms with Crippen molar-refractivity contribution in [1.82, 2.24) is 4.72 Å². The standard InChI is InChI=1S/C7H8N2O3S/c1-8-13-5-2-3-7(10)6(4-5)9(11)12/h2-4,8,10H,1H3. The highest BCUT2D eigenvalue weighted by molar-refractivity contribution is 7.97. The molecule has 0 saturated heterocycles. The van der Waals surface area contributed by atoms with Crippen LogP contribution < -0.4 is 4.72 Å². The number of hydrogen-bond donors (Lipinski definition) is 2. The number of nitro benzene ring substituents is 1. The molecule has 0 radical (unpaired) electrons. The van der Waals surface area contributed by atoms with Gasteiger partial charge < -0.3 is 5.11 Å². The molecule has 0 aliphatic heterocycles. The normalized spacial score (nSPS) is 9.92. The van der Waals surface area contributed by atoms with Gasteiger partial charge >= 0.3 is 5.69 Å². The molecular formula is C7H8N2O3S. The van der Waals surface area contributed by atoms with Crippen molar-refractivity contribution in [2.45, 2.75) is 4.90 Å². The molecule has 1 aromatic rings. The number of nitrogens with zero attached hydrogens (tertiary/aromatic N) is 1. The van der Waals surface area contributed by atoms with Gasteiger partial charge in [0.25, 0.3) is 0 Å². The number of phenolic OH excluding ortho intramolecular Hbond substituents is 1. The van der Waals surface area contributed by atoms with E-state index in [1.54, 1.807) is 13.1 Å². The lowest BCUT2D eigenvalue weighted by Gasteiger charge is -1.99. The predicted octanol–water partition coefficient (Wildman–Crippen LogP) is 1.53. The molecule has 0 bridgehead atoms. The second-order valence-corrected chi connectivity index (χ2v) is 3.30. The van der Waals surface area contributed by atoms with E-state index in [0.717, 1.165) is 0 Å². The van der Waals surface area contributed by atoms with Crippen LogP contribution in [0.5, 0.6) is 5.75 Å². The summed E-state index contributed by atoms with van der Waals surface area (Å²) in [6.07, 6.45) is 0.